The number of fused-ring (bicyclic) bond motifs is 1. The number of nitrogens with one attached hydrogen (secondary N) is 1. The monoisotopic (exact) mass is 312 g/mol. The van der Waals surface area contributed by atoms with Gasteiger partial charge in [-0.15, -0.1) is 0 Å². The van der Waals surface area contributed by atoms with Gasteiger partial charge in [-0.25, -0.2) is 4.98 Å². The molecule has 1 saturated carbocycles. The predicted molar refractivity (Wildman–Crippen MR) is 98.1 cm³/mol. The Bertz CT molecular complexity index is 645. The Hall–Kier alpha value is -1.84. The van der Waals surface area contributed by atoms with Crippen molar-refractivity contribution >= 4 is 22.7 Å². The molecule has 1 N–H and O–H groups in total. The maximum atomic E-state index is 4.72. The molecule has 0 atom stereocenters. The zero-order valence-corrected chi connectivity index (χ0v) is 14.5. The molecule has 4 nitrogen and oxygen atoms in total. The minimum Gasteiger partial charge on any atom is -0.362 e. The van der Waals surface area contributed by atoms with Gasteiger partial charge in [0.15, 0.2) is 0 Å². The lowest BCUT2D eigenvalue weighted by molar-refractivity contribution is 0.278. The second kappa shape index (κ2) is 7.16. The van der Waals surface area contributed by atoms with Gasteiger partial charge in [0.25, 0.3) is 0 Å². The summed E-state index contributed by atoms with van der Waals surface area (Å²) in [5.74, 6) is 3.44. The van der Waals surface area contributed by atoms with Crippen molar-refractivity contribution in [3.05, 3.63) is 24.3 Å². The van der Waals surface area contributed by atoms with Gasteiger partial charge in [0.05, 0.1) is 5.52 Å². The Balaban J connectivity index is 1.71. The maximum absolute atomic E-state index is 4.72. The minimum atomic E-state index is 0.755. The summed E-state index contributed by atoms with van der Waals surface area (Å²) in [5.41, 5.74) is 1.00. The summed E-state index contributed by atoms with van der Waals surface area (Å²) in [6.45, 7) is 3.30. The van der Waals surface area contributed by atoms with Crippen LogP contribution in [0.4, 0.5) is 11.8 Å². The van der Waals surface area contributed by atoms with E-state index < -0.39 is 0 Å². The first-order valence-corrected chi connectivity index (χ1v) is 8.85. The quantitative estimate of drug-likeness (QED) is 0.892. The Kier molecular flexibility index (Phi) is 4.99. The lowest BCUT2D eigenvalue weighted by Gasteiger charge is -2.28. The number of hydrogen-bond donors (Lipinski definition) is 1. The molecule has 3 rings (SSSR count). The van der Waals surface area contributed by atoms with Gasteiger partial charge in [0.2, 0.25) is 5.95 Å². The van der Waals surface area contributed by atoms with Gasteiger partial charge >= 0.3 is 0 Å². The van der Waals surface area contributed by atoms with Crippen molar-refractivity contribution in [1.82, 2.24) is 9.97 Å². The van der Waals surface area contributed by atoms with Crippen LogP contribution < -0.4 is 10.2 Å². The smallest absolute Gasteiger partial charge is 0.225 e. The first kappa shape index (κ1) is 16.0. The van der Waals surface area contributed by atoms with E-state index in [0.29, 0.717) is 0 Å². The molecule has 1 aromatic carbocycles. The summed E-state index contributed by atoms with van der Waals surface area (Å²) >= 11 is 0. The molecule has 23 heavy (non-hydrogen) atoms. The Morgan fingerprint density at radius 3 is 2.43 bits per heavy atom. The number of para-hydroxylation sites is 1. The third kappa shape index (κ3) is 3.74. The summed E-state index contributed by atoms with van der Waals surface area (Å²) in [7, 11) is 4.06. The van der Waals surface area contributed by atoms with E-state index in [-0.39, 0.29) is 0 Å². The molecule has 2 aromatic rings. The molecular formula is C19H28N4. The standard InChI is InChI=1S/C19H28N4/c1-4-14-9-11-15(12-10-14)13-20-19-21-17-8-6-5-7-16(17)18(22-19)23(2)3/h5-8,14-15H,4,9-13H2,1-3H3,(H,20,21,22). The van der Waals surface area contributed by atoms with Crippen LogP contribution >= 0.6 is 0 Å². The second-order valence-corrected chi connectivity index (χ2v) is 6.96. The number of aromatic nitrogens is 2. The molecule has 124 valence electrons. The van der Waals surface area contributed by atoms with Crippen LogP contribution in [0.2, 0.25) is 0 Å². The van der Waals surface area contributed by atoms with Crippen LogP contribution in [0.1, 0.15) is 39.0 Å². The zero-order valence-electron chi connectivity index (χ0n) is 14.5. The van der Waals surface area contributed by atoms with E-state index in [2.05, 4.69) is 34.3 Å². The number of nitrogens with zero attached hydrogens (tertiary/aromatic N) is 3. The van der Waals surface area contributed by atoms with E-state index >= 15 is 0 Å². The van der Waals surface area contributed by atoms with Gasteiger partial charge in [0, 0.05) is 26.0 Å². The Morgan fingerprint density at radius 1 is 1.04 bits per heavy atom. The third-order valence-corrected chi connectivity index (χ3v) is 5.10. The molecule has 0 spiro atoms. The summed E-state index contributed by atoms with van der Waals surface area (Å²) in [6.07, 6.45) is 6.76. The van der Waals surface area contributed by atoms with Crippen LogP contribution in [0.5, 0.6) is 0 Å². The molecular weight excluding hydrogens is 284 g/mol. The van der Waals surface area contributed by atoms with E-state index in [1.54, 1.807) is 0 Å². The van der Waals surface area contributed by atoms with Crippen LogP contribution in [-0.2, 0) is 0 Å². The molecule has 1 aliphatic carbocycles. The molecule has 1 fully saturated rings. The van der Waals surface area contributed by atoms with Gasteiger partial charge in [-0.1, -0.05) is 38.3 Å². The summed E-state index contributed by atoms with van der Waals surface area (Å²) in [5, 5.41) is 4.59. The van der Waals surface area contributed by atoms with Crippen LogP contribution in [0.3, 0.4) is 0 Å². The Labute approximate surface area is 139 Å². The fourth-order valence-corrected chi connectivity index (χ4v) is 3.56. The highest BCUT2D eigenvalue weighted by atomic mass is 15.2. The second-order valence-electron chi connectivity index (χ2n) is 6.96. The average molecular weight is 312 g/mol. The number of hydrogen-bond acceptors (Lipinski definition) is 4. The Morgan fingerprint density at radius 2 is 1.74 bits per heavy atom. The molecule has 0 saturated heterocycles. The van der Waals surface area contributed by atoms with Crippen molar-refractivity contribution in [1.29, 1.82) is 0 Å². The molecule has 4 heteroatoms. The van der Waals surface area contributed by atoms with Crippen molar-refractivity contribution in [3.8, 4) is 0 Å². The molecule has 0 amide bonds. The van der Waals surface area contributed by atoms with Crippen molar-refractivity contribution in [2.45, 2.75) is 39.0 Å². The lowest BCUT2D eigenvalue weighted by Crippen LogP contribution is -2.22. The van der Waals surface area contributed by atoms with Crippen molar-refractivity contribution in [2.24, 2.45) is 11.8 Å². The number of anilines is 2. The van der Waals surface area contributed by atoms with Crippen molar-refractivity contribution in [3.63, 3.8) is 0 Å². The van der Waals surface area contributed by atoms with Crippen molar-refractivity contribution < 1.29 is 0 Å². The van der Waals surface area contributed by atoms with Crippen LogP contribution in [0.15, 0.2) is 24.3 Å². The van der Waals surface area contributed by atoms with E-state index in [1.165, 1.54) is 32.1 Å². The highest BCUT2D eigenvalue weighted by molar-refractivity contribution is 5.90. The van der Waals surface area contributed by atoms with Gasteiger partial charge in [-0.05, 0) is 36.8 Å². The molecule has 0 aliphatic heterocycles. The van der Waals surface area contributed by atoms with Crippen molar-refractivity contribution in [2.75, 3.05) is 30.9 Å². The van der Waals surface area contributed by atoms with E-state index in [1.807, 2.05) is 26.2 Å². The molecule has 1 heterocycles. The fraction of sp³-hybridized carbons (Fsp3) is 0.579. The van der Waals surface area contributed by atoms with Gasteiger partial charge in [-0.2, -0.15) is 4.98 Å². The minimum absolute atomic E-state index is 0.755. The average Bonchev–Trinajstić information content (AvgIpc) is 2.59. The van der Waals surface area contributed by atoms with Gasteiger partial charge in [0.1, 0.15) is 5.82 Å². The fourth-order valence-electron chi connectivity index (χ4n) is 3.56. The maximum Gasteiger partial charge on any atom is 0.225 e. The van der Waals surface area contributed by atoms with E-state index in [4.69, 9.17) is 4.98 Å². The van der Waals surface area contributed by atoms with Crippen LogP contribution in [0.25, 0.3) is 10.9 Å². The summed E-state index contributed by atoms with van der Waals surface area (Å²) < 4.78 is 0. The molecule has 0 bridgehead atoms. The van der Waals surface area contributed by atoms with E-state index in [0.717, 1.165) is 41.0 Å². The summed E-state index contributed by atoms with van der Waals surface area (Å²) in [4.78, 5) is 11.5. The molecule has 0 unspecified atom stereocenters. The third-order valence-electron chi connectivity index (χ3n) is 5.10. The normalized spacial score (nSPS) is 21.3. The highest BCUT2D eigenvalue weighted by Crippen LogP contribution is 2.31. The van der Waals surface area contributed by atoms with E-state index in [9.17, 15) is 0 Å². The molecule has 1 aromatic heterocycles. The summed E-state index contributed by atoms with van der Waals surface area (Å²) in [6, 6.07) is 8.21. The number of benzene rings is 1. The topological polar surface area (TPSA) is 41.1 Å². The van der Waals surface area contributed by atoms with Crippen LogP contribution in [0, 0.1) is 11.8 Å². The van der Waals surface area contributed by atoms with Gasteiger partial charge in [-0.3, -0.25) is 0 Å². The first-order valence-electron chi connectivity index (χ1n) is 8.85. The zero-order chi connectivity index (χ0) is 16.2. The SMILES string of the molecule is CCC1CCC(CNc2nc(N(C)C)c3ccccc3n2)CC1. The predicted octanol–water partition coefficient (Wildman–Crippen LogP) is 4.32. The number of rotatable bonds is 5. The molecule has 0 radical (unpaired) electrons. The lowest BCUT2D eigenvalue weighted by atomic mass is 9.81. The van der Waals surface area contributed by atoms with Crippen LogP contribution in [-0.4, -0.2) is 30.6 Å². The van der Waals surface area contributed by atoms with Gasteiger partial charge < -0.3 is 10.2 Å². The highest BCUT2D eigenvalue weighted by Gasteiger charge is 2.20. The first-order chi connectivity index (χ1) is 11.2. The molecule has 1 aliphatic rings. The largest absolute Gasteiger partial charge is 0.362 e.